The van der Waals surface area contributed by atoms with Gasteiger partial charge in [-0.05, 0) is 46.1 Å². The number of ether oxygens (including phenoxy) is 3. The third kappa shape index (κ3) is 12.0. The van der Waals surface area contributed by atoms with Gasteiger partial charge < -0.3 is 30.2 Å². The van der Waals surface area contributed by atoms with Gasteiger partial charge in [0.25, 0.3) is 6.35 Å². The average molecular weight is 515 g/mol. The standard InChI is InChI=1S/C15H24N6O4P.C6H13NO2/c1-10(2)25-12(22)4-5-20-26(23)9-24-11(3)6-21-8-19-13-14(16)17-7-18-15(13)21;1-4(2)9-6(8)5(3)7/h7-8,10-11H,4-6,9H2,1-3H3,(H,20,23)(H2,16,17,18);4-5H,7H2,1-3H3/q+1;. The summed E-state index contributed by atoms with van der Waals surface area (Å²) in [7, 11) is -1.77. The maximum absolute atomic E-state index is 11.9. The van der Waals surface area contributed by atoms with E-state index >= 15 is 0 Å². The zero-order valence-electron chi connectivity index (χ0n) is 21.1. The lowest BCUT2D eigenvalue weighted by molar-refractivity contribution is -0.149. The summed E-state index contributed by atoms with van der Waals surface area (Å²) in [6.07, 6.45) is 2.77. The van der Waals surface area contributed by atoms with Gasteiger partial charge >= 0.3 is 19.9 Å². The van der Waals surface area contributed by atoms with Crippen molar-refractivity contribution in [1.82, 2.24) is 24.6 Å². The Morgan fingerprint density at radius 1 is 1.09 bits per heavy atom. The molecule has 0 fully saturated rings. The minimum Gasteiger partial charge on any atom is -0.463 e. The molecular formula is C21H37N7O6P+. The van der Waals surface area contributed by atoms with Crippen LogP contribution in [0.2, 0.25) is 0 Å². The number of imidazole rings is 1. The topological polar surface area (TPSA) is 187 Å². The minimum atomic E-state index is -1.77. The van der Waals surface area contributed by atoms with E-state index in [0.29, 0.717) is 23.5 Å². The van der Waals surface area contributed by atoms with Crippen molar-refractivity contribution in [3.05, 3.63) is 12.7 Å². The number of rotatable bonds is 12. The van der Waals surface area contributed by atoms with Crippen LogP contribution in [0.15, 0.2) is 12.7 Å². The van der Waals surface area contributed by atoms with Crippen molar-refractivity contribution < 1.29 is 28.4 Å². The Morgan fingerprint density at radius 3 is 2.31 bits per heavy atom. The third-order valence-corrected chi connectivity index (χ3v) is 5.03. The molecule has 5 N–H and O–H groups in total. The largest absolute Gasteiger partial charge is 0.463 e. The molecule has 2 rings (SSSR count). The zero-order chi connectivity index (χ0) is 26.5. The van der Waals surface area contributed by atoms with E-state index in [-0.39, 0.29) is 49.6 Å². The molecular weight excluding hydrogens is 477 g/mol. The molecule has 0 saturated heterocycles. The number of nitrogen functional groups attached to an aromatic ring is 1. The molecule has 0 spiro atoms. The molecule has 0 radical (unpaired) electrons. The zero-order valence-corrected chi connectivity index (χ0v) is 22.0. The first-order valence-corrected chi connectivity index (χ1v) is 12.7. The summed E-state index contributed by atoms with van der Waals surface area (Å²) in [6.45, 7) is 11.4. The Bertz CT molecular complexity index is 967. The van der Waals surface area contributed by atoms with E-state index in [0.717, 1.165) is 0 Å². The first-order chi connectivity index (χ1) is 16.4. The van der Waals surface area contributed by atoms with E-state index in [4.69, 9.17) is 25.7 Å². The van der Waals surface area contributed by atoms with Crippen LogP contribution < -0.4 is 16.6 Å². The van der Waals surface area contributed by atoms with Crippen molar-refractivity contribution in [2.45, 2.75) is 78.9 Å². The van der Waals surface area contributed by atoms with Crippen LogP contribution in [0.25, 0.3) is 11.2 Å². The Balaban J connectivity index is 0.000000579. The van der Waals surface area contributed by atoms with Crippen molar-refractivity contribution in [3.63, 3.8) is 0 Å². The second-order valence-electron chi connectivity index (χ2n) is 8.28. The summed E-state index contributed by atoms with van der Waals surface area (Å²) < 4.78 is 29.1. The molecule has 3 unspecified atom stereocenters. The van der Waals surface area contributed by atoms with Gasteiger partial charge in [0.15, 0.2) is 11.5 Å². The average Bonchev–Trinajstić information content (AvgIpc) is 3.15. The summed E-state index contributed by atoms with van der Waals surface area (Å²) in [5.41, 5.74) is 12.1. The van der Waals surface area contributed by atoms with Crippen LogP contribution >= 0.6 is 7.95 Å². The fraction of sp³-hybridized carbons (Fsp3) is 0.667. The van der Waals surface area contributed by atoms with E-state index in [9.17, 15) is 14.2 Å². The van der Waals surface area contributed by atoms with E-state index in [2.05, 4.69) is 20.0 Å². The Hall–Kier alpha value is -2.73. The summed E-state index contributed by atoms with van der Waals surface area (Å²) in [5.74, 6) is -0.339. The van der Waals surface area contributed by atoms with E-state index in [1.54, 1.807) is 45.5 Å². The number of fused-ring (bicyclic) bond motifs is 1. The maximum Gasteiger partial charge on any atom is 0.460 e. The molecule has 35 heavy (non-hydrogen) atoms. The normalized spacial score (nSPS) is 13.2. The van der Waals surface area contributed by atoms with Gasteiger partial charge in [0.1, 0.15) is 17.9 Å². The second kappa shape index (κ2) is 15.3. The molecule has 3 atom stereocenters. The predicted octanol–water partition coefficient (Wildman–Crippen LogP) is 1.73. The SMILES string of the molecule is CC(C)OC(=O)C(C)N.CC(C)OC(=O)CCN[P+](=O)COC(C)Cn1cnc2c(N)ncnc21. The molecule has 0 aliphatic rings. The van der Waals surface area contributed by atoms with Crippen LogP contribution in [0.1, 0.15) is 48.0 Å². The van der Waals surface area contributed by atoms with Gasteiger partial charge in [0, 0.05) is 0 Å². The third-order valence-electron chi connectivity index (χ3n) is 4.07. The molecule has 0 aromatic carbocycles. The lowest BCUT2D eigenvalue weighted by Gasteiger charge is -2.10. The number of nitrogens with two attached hydrogens (primary N) is 2. The number of anilines is 1. The van der Waals surface area contributed by atoms with Crippen LogP contribution in [0.5, 0.6) is 0 Å². The van der Waals surface area contributed by atoms with Gasteiger partial charge in [-0.15, -0.1) is 5.09 Å². The number of carbonyl (C=O) groups excluding carboxylic acids is 2. The number of aromatic nitrogens is 4. The number of esters is 2. The lowest BCUT2D eigenvalue weighted by atomic mass is 10.4. The Kier molecular flexibility index (Phi) is 13.2. The molecule has 14 heteroatoms. The lowest BCUT2D eigenvalue weighted by Crippen LogP contribution is -2.30. The number of hydrogen-bond acceptors (Lipinski definition) is 11. The van der Waals surface area contributed by atoms with Crippen LogP contribution in [-0.4, -0.2) is 68.7 Å². The number of hydrogen-bond donors (Lipinski definition) is 3. The van der Waals surface area contributed by atoms with Crippen LogP contribution in [0.4, 0.5) is 5.82 Å². The monoisotopic (exact) mass is 514 g/mol. The van der Waals surface area contributed by atoms with Gasteiger partial charge in [0.2, 0.25) is 0 Å². The van der Waals surface area contributed by atoms with Gasteiger partial charge in [-0.3, -0.25) is 9.59 Å². The Labute approximate surface area is 206 Å². The van der Waals surface area contributed by atoms with Crippen LogP contribution in [0.3, 0.4) is 0 Å². The molecule has 2 aromatic heterocycles. The van der Waals surface area contributed by atoms with Gasteiger partial charge in [-0.25, -0.2) is 15.0 Å². The highest BCUT2D eigenvalue weighted by Gasteiger charge is 2.19. The quantitative estimate of drug-likeness (QED) is 0.275. The maximum atomic E-state index is 11.9. The van der Waals surface area contributed by atoms with E-state index in [1.165, 1.54) is 6.33 Å². The van der Waals surface area contributed by atoms with Crippen molar-refractivity contribution in [2.24, 2.45) is 5.73 Å². The van der Waals surface area contributed by atoms with Gasteiger partial charge in [-0.2, -0.15) is 0 Å². The highest BCUT2D eigenvalue weighted by Crippen LogP contribution is 2.18. The summed E-state index contributed by atoms with van der Waals surface area (Å²) in [4.78, 5) is 34.3. The molecule has 0 saturated carbocycles. The minimum absolute atomic E-state index is 0.0412. The van der Waals surface area contributed by atoms with Crippen molar-refractivity contribution in [3.8, 4) is 0 Å². The summed E-state index contributed by atoms with van der Waals surface area (Å²) in [5, 5.41) is 2.77. The van der Waals surface area contributed by atoms with Crippen molar-refractivity contribution in [1.29, 1.82) is 0 Å². The van der Waals surface area contributed by atoms with Crippen LogP contribution in [-0.2, 0) is 34.9 Å². The Morgan fingerprint density at radius 2 is 1.74 bits per heavy atom. The van der Waals surface area contributed by atoms with Crippen molar-refractivity contribution >= 4 is 36.9 Å². The fourth-order valence-corrected chi connectivity index (χ4v) is 3.39. The molecule has 0 aliphatic heterocycles. The molecule has 196 valence electrons. The first kappa shape index (κ1) is 30.3. The molecule has 2 aromatic rings. The first-order valence-electron chi connectivity index (χ1n) is 11.3. The molecule has 2 heterocycles. The molecule has 0 bridgehead atoms. The van der Waals surface area contributed by atoms with Crippen LogP contribution in [0, 0.1) is 0 Å². The molecule has 0 aliphatic carbocycles. The summed E-state index contributed by atoms with van der Waals surface area (Å²) in [6, 6.07) is -0.507. The highest BCUT2D eigenvalue weighted by atomic mass is 31.1. The number of nitrogens with one attached hydrogen (secondary N) is 1. The van der Waals surface area contributed by atoms with Gasteiger partial charge in [0.05, 0.1) is 44.1 Å². The number of carbonyl (C=O) groups is 2. The molecule has 13 nitrogen and oxygen atoms in total. The molecule has 0 amide bonds. The van der Waals surface area contributed by atoms with E-state index in [1.807, 2.05) is 6.92 Å². The number of nitrogens with zero attached hydrogens (tertiary/aromatic N) is 4. The smallest absolute Gasteiger partial charge is 0.460 e. The second-order valence-corrected chi connectivity index (χ2v) is 9.62. The fourth-order valence-electron chi connectivity index (χ4n) is 2.55. The summed E-state index contributed by atoms with van der Waals surface area (Å²) >= 11 is 0. The van der Waals surface area contributed by atoms with Crippen molar-refractivity contribution in [2.75, 3.05) is 18.6 Å². The van der Waals surface area contributed by atoms with Gasteiger partial charge in [-0.1, -0.05) is 0 Å². The highest BCUT2D eigenvalue weighted by molar-refractivity contribution is 7.42. The predicted molar refractivity (Wildman–Crippen MR) is 131 cm³/mol. The van der Waals surface area contributed by atoms with E-state index < -0.39 is 14.0 Å².